The number of nitrogens with one attached hydrogen (secondary N) is 1. The van der Waals surface area contributed by atoms with Crippen LogP contribution in [0.3, 0.4) is 0 Å². The Balaban J connectivity index is 1.74. The number of carbonyl (C=O) groups excluding carboxylic acids is 2. The molecule has 0 bridgehead atoms. The molecule has 0 radical (unpaired) electrons. The lowest BCUT2D eigenvalue weighted by molar-refractivity contribution is 0.0607. The van der Waals surface area contributed by atoms with Gasteiger partial charge in [0, 0.05) is 11.4 Å². The number of carbonyl (C=O) groups is 2. The van der Waals surface area contributed by atoms with Crippen molar-refractivity contribution in [3.63, 3.8) is 0 Å². The Hall–Kier alpha value is -1.86. The first kappa shape index (κ1) is 15.1. The number of nitrogens with zero attached hydrogens (tertiary/aromatic N) is 1. The lowest BCUT2D eigenvalue weighted by Crippen LogP contribution is -2.34. The average molecular weight is 336 g/mol. The van der Waals surface area contributed by atoms with Gasteiger partial charge in [0.25, 0.3) is 0 Å². The number of likely N-dealkylation sites (tertiary alicyclic amines) is 1. The first-order valence-electron chi connectivity index (χ1n) is 6.97. The minimum Gasteiger partial charge on any atom is -0.465 e. The standard InChI is InChI=1S/C15H16N2O3S2/c1-20-14(18)13-10(6-9-22-13)16-15(19)17-7-2-4-11(17)12-5-3-8-21-12/h3,5-6,8-9,11H,2,4,7H2,1H3,(H,16,19). The molecule has 22 heavy (non-hydrogen) atoms. The number of urea groups is 1. The number of amides is 2. The van der Waals surface area contributed by atoms with Crippen LogP contribution in [0.25, 0.3) is 0 Å². The zero-order valence-corrected chi connectivity index (χ0v) is 13.7. The number of thiophene rings is 2. The Morgan fingerprint density at radius 3 is 2.91 bits per heavy atom. The number of ether oxygens (including phenoxy) is 1. The third kappa shape index (κ3) is 2.86. The summed E-state index contributed by atoms with van der Waals surface area (Å²) in [7, 11) is 1.33. The maximum absolute atomic E-state index is 12.6. The van der Waals surface area contributed by atoms with E-state index in [1.165, 1.54) is 23.3 Å². The van der Waals surface area contributed by atoms with Crippen LogP contribution in [0.5, 0.6) is 0 Å². The second kappa shape index (κ2) is 6.50. The molecule has 0 spiro atoms. The molecule has 1 N–H and O–H groups in total. The summed E-state index contributed by atoms with van der Waals surface area (Å²) in [6.07, 6.45) is 1.96. The van der Waals surface area contributed by atoms with E-state index in [0.29, 0.717) is 10.6 Å². The van der Waals surface area contributed by atoms with Gasteiger partial charge < -0.3 is 15.0 Å². The maximum Gasteiger partial charge on any atom is 0.350 e. The predicted octanol–water partition coefficient (Wildman–Crippen LogP) is 3.97. The van der Waals surface area contributed by atoms with Gasteiger partial charge in [0.1, 0.15) is 4.88 Å². The number of hydrogen-bond donors (Lipinski definition) is 1. The lowest BCUT2D eigenvalue weighted by Gasteiger charge is -2.24. The maximum atomic E-state index is 12.6. The first-order valence-corrected chi connectivity index (χ1v) is 8.73. The van der Waals surface area contributed by atoms with Gasteiger partial charge in [-0.1, -0.05) is 6.07 Å². The third-order valence-corrected chi connectivity index (χ3v) is 5.53. The highest BCUT2D eigenvalue weighted by molar-refractivity contribution is 7.12. The Bertz CT molecular complexity index is 666. The monoisotopic (exact) mass is 336 g/mol. The molecule has 1 fully saturated rings. The Morgan fingerprint density at radius 1 is 1.32 bits per heavy atom. The molecule has 3 heterocycles. The molecular weight excluding hydrogens is 320 g/mol. The van der Waals surface area contributed by atoms with E-state index in [0.717, 1.165) is 19.4 Å². The summed E-state index contributed by atoms with van der Waals surface area (Å²) >= 11 is 2.93. The van der Waals surface area contributed by atoms with Crippen LogP contribution >= 0.6 is 22.7 Å². The molecule has 7 heteroatoms. The smallest absolute Gasteiger partial charge is 0.350 e. The van der Waals surface area contributed by atoms with Gasteiger partial charge in [0.2, 0.25) is 0 Å². The first-order chi connectivity index (χ1) is 10.7. The molecule has 0 saturated carbocycles. The fourth-order valence-electron chi connectivity index (χ4n) is 2.63. The van der Waals surface area contributed by atoms with Gasteiger partial charge in [-0.05, 0) is 35.7 Å². The van der Waals surface area contributed by atoms with Crippen molar-refractivity contribution in [3.8, 4) is 0 Å². The molecule has 1 aliphatic heterocycles. The Labute approximate surface area is 136 Å². The van der Waals surface area contributed by atoms with Crippen LogP contribution in [0.1, 0.15) is 33.4 Å². The van der Waals surface area contributed by atoms with E-state index >= 15 is 0 Å². The van der Waals surface area contributed by atoms with Crippen molar-refractivity contribution in [1.82, 2.24) is 4.90 Å². The molecule has 1 saturated heterocycles. The lowest BCUT2D eigenvalue weighted by atomic mass is 10.2. The van der Waals surface area contributed by atoms with E-state index in [1.54, 1.807) is 22.8 Å². The van der Waals surface area contributed by atoms with Crippen LogP contribution in [-0.2, 0) is 4.74 Å². The zero-order valence-electron chi connectivity index (χ0n) is 12.1. The van der Waals surface area contributed by atoms with Gasteiger partial charge in [-0.3, -0.25) is 0 Å². The van der Waals surface area contributed by atoms with Crippen molar-refractivity contribution < 1.29 is 14.3 Å². The summed E-state index contributed by atoms with van der Waals surface area (Å²) < 4.78 is 4.73. The summed E-state index contributed by atoms with van der Waals surface area (Å²) in [6, 6.07) is 5.75. The third-order valence-electron chi connectivity index (χ3n) is 3.66. The second-order valence-corrected chi connectivity index (χ2v) is 6.85. The van der Waals surface area contributed by atoms with Crippen molar-refractivity contribution in [2.45, 2.75) is 18.9 Å². The number of rotatable bonds is 3. The second-order valence-electron chi connectivity index (χ2n) is 4.95. The van der Waals surface area contributed by atoms with E-state index in [9.17, 15) is 9.59 Å². The molecule has 2 amide bonds. The van der Waals surface area contributed by atoms with E-state index in [1.807, 2.05) is 16.3 Å². The molecule has 3 rings (SSSR count). The largest absolute Gasteiger partial charge is 0.465 e. The van der Waals surface area contributed by atoms with Crippen molar-refractivity contribution in [3.05, 3.63) is 38.7 Å². The van der Waals surface area contributed by atoms with E-state index < -0.39 is 5.97 Å². The molecule has 2 aromatic heterocycles. The van der Waals surface area contributed by atoms with Gasteiger partial charge in [0.05, 0.1) is 18.8 Å². The van der Waals surface area contributed by atoms with Crippen LogP contribution in [0.15, 0.2) is 29.0 Å². The van der Waals surface area contributed by atoms with E-state index in [2.05, 4.69) is 11.4 Å². The summed E-state index contributed by atoms with van der Waals surface area (Å²) in [6.45, 7) is 0.728. The summed E-state index contributed by atoms with van der Waals surface area (Å²) in [5.74, 6) is -0.429. The predicted molar refractivity (Wildman–Crippen MR) is 87.7 cm³/mol. The molecule has 1 atom stereocenters. The van der Waals surface area contributed by atoms with Crippen molar-refractivity contribution in [2.75, 3.05) is 19.0 Å². The molecule has 116 valence electrons. The normalized spacial score (nSPS) is 17.5. The van der Waals surface area contributed by atoms with Gasteiger partial charge >= 0.3 is 12.0 Å². The molecule has 5 nitrogen and oxygen atoms in total. The molecule has 1 unspecified atom stereocenters. The number of esters is 1. The summed E-state index contributed by atoms with van der Waals surface area (Å²) in [5.41, 5.74) is 0.513. The van der Waals surface area contributed by atoms with Gasteiger partial charge in [-0.25, -0.2) is 9.59 Å². The highest BCUT2D eigenvalue weighted by Crippen LogP contribution is 2.35. The topological polar surface area (TPSA) is 58.6 Å². The Kier molecular flexibility index (Phi) is 4.44. The molecule has 0 aliphatic carbocycles. The summed E-state index contributed by atoms with van der Waals surface area (Å²) in [4.78, 5) is 27.7. The van der Waals surface area contributed by atoms with Crippen LogP contribution in [0, 0.1) is 0 Å². The number of methoxy groups -OCH3 is 1. The number of hydrogen-bond acceptors (Lipinski definition) is 5. The summed E-state index contributed by atoms with van der Waals surface area (Å²) in [5, 5.41) is 6.63. The average Bonchev–Trinajstić information content (AvgIpc) is 3.25. The number of anilines is 1. The van der Waals surface area contributed by atoms with Crippen molar-refractivity contribution in [2.24, 2.45) is 0 Å². The van der Waals surface area contributed by atoms with Crippen LogP contribution < -0.4 is 5.32 Å². The SMILES string of the molecule is COC(=O)c1sccc1NC(=O)N1CCCC1c1cccs1. The Morgan fingerprint density at radius 2 is 2.18 bits per heavy atom. The molecule has 1 aliphatic rings. The van der Waals surface area contributed by atoms with Crippen molar-refractivity contribution >= 4 is 40.4 Å². The van der Waals surface area contributed by atoms with Gasteiger partial charge in [-0.2, -0.15) is 0 Å². The molecule has 0 aromatic carbocycles. The van der Waals surface area contributed by atoms with Crippen LogP contribution in [0.2, 0.25) is 0 Å². The van der Waals surface area contributed by atoms with E-state index in [4.69, 9.17) is 4.74 Å². The fraction of sp³-hybridized carbons (Fsp3) is 0.333. The highest BCUT2D eigenvalue weighted by Gasteiger charge is 2.31. The molecular formula is C15H16N2O3S2. The van der Waals surface area contributed by atoms with Crippen LogP contribution in [-0.4, -0.2) is 30.6 Å². The van der Waals surface area contributed by atoms with E-state index in [-0.39, 0.29) is 12.1 Å². The minimum absolute atomic E-state index is 0.125. The molecule has 2 aromatic rings. The highest BCUT2D eigenvalue weighted by atomic mass is 32.1. The van der Waals surface area contributed by atoms with Gasteiger partial charge in [-0.15, -0.1) is 22.7 Å². The van der Waals surface area contributed by atoms with Crippen molar-refractivity contribution in [1.29, 1.82) is 0 Å². The van der Waals surface area contributed by atoms with Gasteiger partial charge in [0.15, 0.2) is 0 Å². The minimum atomic E-state index is -0.429. The quantitative estimate of drug-likeness (QED) is 0.863. The fourth-order valence-corrected chi connectivity index (χ4v) is 4.27. The zero-order chi connectivity index (χ0) is 15.5. The van der Waals surface area contributed by atoms with Crippen LogP contribution in [0.4, 0.5) is 10.5 Å².